The van der Waals surface area contributed by atoms with Crippen molar-refractivity contribution in [1.82, 2.24) is 10.3 Å². The number of nitrogens with one attached hydrogen (secondary N) is 2. The first kappa shape index (κ1) is 20.0. The smallest absolute Gasteiger partial charge is 0.278 e. The van der Waals surface area contributed by atoms with Crippen LogP contribution in [0.1, 0.15) is 39.6 Å². The third kappa shape index (κ3) is 3.63. The van der Waals surface area contributed by atoms with E-state index >= 15 is 0 Å². The van der Waals surface area contributed by atoms with Crippen molar-refractivity contribution in [3.05, 3.63) is 81.3 Å². The zero-order chi connectivity index (χ0) is 21.4. The van der Waals surface area contributed by atoms with Crippen LogP contribution >= 0.6 is 11.8 Å². The molecule has 2 aromatic carbocycles. The molecule has 9 heteroatoms. The number of ether oxygens (including phenoxy) is 1. The van der Waals surface area contributed by atoms with Gasteiger partial charge in [0.25, 0.3) is 17.9 Å². The molecule has 0 aliphatic carbocycles. The van der Waals surface area contributed by atoms with Gasteiger partial charge in [-0.2, -0.15) is 0 Å². The summed E-state index contributed by atoms with van der Waals surface area (Å²) in [7, 11) is 1.57. The van der Waals surface area contributed by atoms with Crippen molar-refractivity contribution in [1.29, 1.82) is 0 Å². The molecule has 0 spiro atoms. The van der Waals surface area contributed by atoms with E-state index in [1.54, 1.807) is 19.2 Å². The number of aromatic nitrogens is 1. The number of nitrogen functional groups attached to an aromatic ring is 1. The Morgan fingerprint density at radius 3 is 2.50 bits per heavy atom. The maximum atomic E-state index is 12.8. The minimum absolute atomic E-state index is 0.246. The van der Waals surface area contributed by atoms with Gasteiger partial charge in [0, 0.05) is 15.5 Å². The Balaban J connectivity index is 1.74. The summed E-state index contributed by atoms with van der Waals surface area (Å²) in [5.41, 5.74) is 6.49. The number of amides is 1. The van der Waals surface area contributed by atoms with E-state index in [-0.39, 0.29) is 5.56 Å². The van der Waals surface area contributed by atoms with Crippen LogP contribution in [0, 0.1) is 0 Å². The molecule has 154 valence electrons. The molecule has 0 bridgehead atoms. The fourth-order valence-electron chi connectivity index (χ4n) is 3.29. The highest BCUT2D eigenvalue weighted by molar-refractivity contribution is 7.99. The molecule has 4 N–H and O–H groups in total. The normalized spacial score (nSPS) is 14.7. The van der Waals surface area contributed by atoms with Crippen molar-refractivity contribution >= 4 is 23.4 Å². The second-order valence-electron chi connectivity index (χ2n) is 6.67. The fraction of sp³-hybridized carbons (Fsp3) is 0.143. The van der Waals surface area contributed by atoms with Crippen molar-refractivity contribution in [2.45, 2.75) is 22.3 Å². The topological polar surface area (TPSA) is 97.2 Å². The number of hydrogen-bond acceptors (Lipinski definition) is 5. The van der Waals surface area contributed by atoms with Gasteiger partial charge in [0.15, 0.2) is 0 Å². The summed E-state index contributed by atoms with van der Waals surface area (Å²) in [5.74, 6) is -0.00350. The molecule has 1 aliphatic rings. The molecule has 3 aromatic rings. The molecule has 1 aromatic heterocycles. The van der Waals surface area contributed by atoms with E-state index < -0.39 is 29.6 Å². The summed E-state index contributed by atoms with van der Waals surface area (Å²) in [4.78, 5) is 28.8. The van der Waals surface area contributed by atoms with Crippen LogP contribution in [0.4, 0.5) is 14.5 Å². The molecule has 1 amide bonds. The number of rotatable bonds is 4. The molecule has 0 radical (unpaired) electrons. The summed E-state index contributed by atoms with van der Waals surface area (Å²) in [6.45, 7) is 0. The molecular formula is C21H17F2N3O3S. The predicted molar refractivity (Wildman–Crippen MR) is 109 cm³/mol. The Labute approximate surface area is 174 Å². The Morgan fingerprint density at radius 2 is 1.83 bits per heavy atom. The standard InChI is InChI=1S/C21H17F2N3O3S/c1-29-11-3-5-13-17(9-11)30-16-8-10(24)2-4-12(16)18(13)26-21(28)14-6-7-15(19(22)23)25-20(14)27/h2-9,18-19H,24H2,1H3,(H,25,27)(H,26,28). The molecule has 0 saturated heterocycles. The van der Waals surface area contributed by atoms with Gasteiger partial charge in [0.1, 0.15) is 11.3 Å². The maximum absolute atomic E-state index is 12.8. The average molecular weight is 429 g/mol. The molecular weight excluding hydrogens is 412 g/mol. The number of aromatic amines is 1. The quantitative estimate of drug-likeness (QED) is 0.547. The Kier molecular flexibility index (Phi) is 5.21. The molecule has 30 heavy (non-hydrogen) atoms. The molecule has 2 heterocycles. The van der Waals surface area contributed by atoms with Gasteiger partial charge in [0.2, 0.25) is 0 Å². The van der Waals surface area contributed by atoms with Crippen molar-refractivity contribution in [3.8, 4) is 5.75 Å². The van der Waals surface area contributed by atoms with Crippen LogP contribution in [0.25, 0.3) is 0 Å². The third-order valence-electron chi connectivity index (χ3n) is 4.79. The molecule has 4 rings (SSSR count). The third-order valence-corrected chi connectivity index (χ3v) is 5.93. The van der Waals surface area contributed by atoms with Gasteiger partial charge < -0.3 is 20.8 Å². The lowest BCUT2D eigenvalue weighted by atomic mass is 9.97. The van der Waals surface area contributed by atoms with Gasteiger partial charge >= 0.3 is 0 Å². The Morgan fingerprint density at radius 1 is 1.13 bits per heavy atom. The first-order valence-corrected chi connectivity index (χ1v) is 9.76. The number of anilines is 1. The van der Waals surface area contributed by atoms with Crippen LogP contribution in [0.3, 0.4) is 0 Å². The first-order chi connectivity index (χ1) is 14.4. The number of hydrogen-bond donors (Lipinski definition) is 3. The van der Waals surface area contributed by atoms with Crippen LogP contribution in [-0.4, -0.2) is 18.0 Å². The predicted octanol–water partition coefficient (Wildman–Crippen LogP) is 3.89. The molecule has 0 fully saturated rings. The lowest BCUT2D eigenvalue weighted by molar-refractivity contribution is 0.0939. The van der Waals surface area contributed by atoms with Gasteiger partial charge in [-0.25, -0.2) is 8.78 Å². The van der Waals surface area contributed by atoms with Crippen molar-refractivity contribution < 1.29 is 18.3 Å². The minimum atomic E-state index is -2.83. The molecule has 1 aliphatic heterocycles. The molecule has 6 nitrogen and oxygen atoms in total. The van der Waals surface area contributed by atoms with E-state index in [2.05, 4.69) is 10.3 Å². The van der Waals surface area contributed by atoms with Gasteiger partial charge in [-0.3, -0.25) is 9.59 Å². The maximum Gasteiger partial charge on any atom is 0.278 e. The van der Waals surface area contributed by atoms with Crippen molar-refractivity contribution in [3.63, 3.8) is 0 Å². The number of carbonyl (C=O) groups is 1. The van der Waals surface area contributed by atoms with E-state index in [1.165, 1.54) is 11.8 Å². The van der Waals surface area contributed by atoms with E-state index in [4.69, 9.17) is 10.5 Å². The lowest BCUT2D eigenvalue weighted by Gasteiger charge is -2.29. The molecule has 0 saturated carbocycles. The lowest BCUT2D eigenvalue weighted by Crippen LogP contribution is -2.34. The second-order valence-corrected chi connectivity index (χ2v) is 7.75. The first-order valence-electron chi connectivity index (χ1n) is 8.95. The largest absolute Gasteiger partial charge is 0.497 e. The number of fused-ring (bicyclic) bond motifs is 2. The highest BCUT2D eigenvalue weighted by Gasteiger charge is 2.29. The van der Waals surface area contributed by atoms with Crippen LogP contribution in [0.5, 0.6) is 5.75 Å². The van der Waals surface area contributed by atoms with Gasteiger partial charge in [-0.05, 0) is 47.5 Å². The molecule has 1 unspecified atom stereocenters. The van der Waals surface area contributed by atoms with Crippen molar-refractivity contribution in [2.24, 2.45) is 0 Å². The van der Waals surface area contributed by atoms with Gasteiger partial charge in [-0.1, -0.05) is 23.9 Å². The Hall–Kier alpha value is -3.33. The van der Waals surface area contributed by atoms with E-state index in [0.717, 1.165) is 33.1 Å². The van der Waals surface area contributed by atoms with Crippen molar-refractivity contribution in [2.75, 3.05) is 12.8 Å². The number of nitrogens with two attached hydrogens (primary N) is 1. The summed E-state index contributed by atoms with van der Waals surface area (Å²) in [6, 6.07) is 12.4. The van der Waals surface area contributed by atoms with Crippen LogP contribution in [-0.2, 0) is 0 Å². The summed E-state index contributed by atoms with van der Waals surface area (Å²) < 4.78 is 30.9. The van der Waals surface area contributed by atoms with Crippen LogP contribution < -0.4 is 21.3 Å². The summed E-state index contributed by atoms with van der Waals surface area (Å²) in [5, 5.41) is 2.85. The number of methoxy groups -OCH3 is 1. The van der Waals surface area contributed by atoms with E-state index in [9.17, 15) is 18.4 Å². The highest BCUT2D eigenvalue weighted by atomic mass is 32.2. The fourth-order valence-corrected chi connectivity index (χ4v) is 4.51. The number of halogens is 2. The number of alkyl halides is 2. The van der Waals surface area contributed by atoms with E-state index in [0.29, 0.717) is 11.4 Å². The van der Waals surface area contributed by atoms with Crippen LogP contribution in [0.2, 0.25) is 0 Å². The second kappa shape index (κ2) is 7.83. The zero-order valence-electron chi connectivity index (χ0n) is 15.7. The monoisotopic (exact) mass is 429 g/mol. The number of H-pyrrole nitrogens is 1. The van der Waals surface area contributed by atoms with Gasteiger partial charge in [0.05, 0.1) is 18.8 Å². The highest BCUT2D eigenvalue weighted by Crippen LogP contribution is 2.46. The number of benzene rings is 2. The SMILES string of the molecule is COc1ccc2c(c1)Sc1cc(N)ccc1C2NC(=O)c1ccc(C(F)F)[nH]c1=O. The summed E-state index contributed by atoms with van der Waals surface area (Å²) >= 11 is 1.50. The van der Waals surface area contributed by atoms with E-state index in [1.807, 2.05) is 24.3 Å². The summed E-state index contributed by atoms with van der Waals surface area (Å²) in [6.07, 6.45) is -2.83. The Bertz CT molecular complexity index is 1200. The average Bonchev–Trinajstić information content (AvgIpc) is 2.72. The number of carbonyl (C=O) groups excluding carboxylic acids is 1. The zero-order valence-corrected chi connectivity index (χ0v) is 16.6. The molecule has 1 atom stereocenters. The van der Waals surface area contributed by atoms with Gasteiger partial charge in [-0.15, -0.1) is 0 Å². The van der Waals surface area contributed by atoms with Crippen LogP contribution in [0.15, 0.2) is 63.1 Å². The number of pyridine rings is 1. The minimum Gasteiger partial charge on any atom is -0.497 e.